The van der Waals surface area contributed by atoms with E-state index in [-0.39, 0.29) is 18.2 Å². The fourth-order valence-corrected chi connectivity index (χ4v) is 2.61. The van der Waals surface area contributed by atoms with Gasteiger partial charge in [-0.25, -0.2) is 0 Å². The molecule has 1 saturated heterocycles. The van der Waals surface area contributed by atoms with Crippen molar-refractivity contribution in [1.82, 2.24) is 0 Å². The van der Waals surface area contributed by atoms with Crippen LogP contribution in [-0.2, 0) is 19.1 Å². The van der Waals surface area contributed by atoms with E-state index in [4.69, 9.17) is 9.47 Å². The molecule has 2 rings (SSSR count). The molecule has 0 aromatic carbocycles. The highest BCUT2D eigenvalue weighted by molar-refractivity contribution is 5.93. The lowest BCUT2D eigenvalue weighted by Crippen LogP contribution is -2.54. The van der Waals surface area contributed by atoms with Crippen molar-refractivity contribution in [2.75, 3.05) is 7.11 Å². The average molecular weight is 198 g/mol. The molecule has 4 nitrogen and oxygen atoms in total. The Labute approximate surface area is 82.6 Å². The summed E-state index contributed by atoms with van der Waals surface area (Å²) in [7, 11) is 1.43. The number of hydrogen-bond acceptors (Lipinski definition) is 4. The summed E-state index contributed by atoms with van der Waals surface area (Å²) in [6, 6.07) is 0. The first-order valence-corrected chi connectivity index (χ1v) is 4.84. The second-order valence-electron chi connectivity index (χ2n) is 4.31. The topological polar surface area (TPSA) is 52.6 Å². The molecule has 4 heteroatoms. The van der Waals surface area contributed by atoms with E-state index in [0.29, 0.717) is 6.42 Å². The zero-order valence-electron chi connectivity index (χ0n) is 8.46. The third-order valence-corrected chi connectivity index (χ3v) is 3.37. The van der Waals surface area contributed by atoms with E-state index in [1.165, 1.54) is 7.11 Å². The van der Waals surface area contributed by atoms with Crippen molar-refractivity contribution in [3.05, 3.63) is 0 Å². The van der Waals surface area contributed by atoms with Crippen LogP contribution < -0.4 is 0 Å². The van der Waals surface area contributed by atoms with Crippen molar-refractivity contribution in [1.29, 1.82) is 0 Å². The minimum atomic E-state index is -1.29. The number of Topliss-reactive ketones (excluding diaryl/α,β-unsaturated/α-hetero) is 1. The van der Waals surface area contributed by atoms with Crippen LogP contribution in [-0.4, -0.2) is 24.6 Å². The molecule has 14 heavy (non-hydrogen) atoms. The van der Waals surface area contributed by atoms with E-state index in [1.54, 1.807) is 0 Å². The number of hydrogen-bond donors (Lipinski definition) is 0. The van der Waals surface area contributed by atoms with Crippen molar-refractivity contribution < 1.29 is 19.1 Å². The van der Waals surface area contributed by atoms with Crippen molar-refractivity contribution in [3.8, 4) is 0 Å². The summed E-state index contributed by atoms with van der Waals surface area (Å²) in [4.78, 5) is 23.0. The molecule has 0 N–H and O–H groups in total. The maximum atomic E-state index is 11.8. The smallest absolute Gasteiger partial charge is 0.309 e. The van der Waals surface area contributed by atoms with Gasteiger partial charge in [0.25, 0.3) is 5.79 Å². The normalized spacial score (nSPS) is 42.1. The molecule has 0 amide bonds. The number of methoxy groups -OCH3 is 1. The van der Waals surface area contributed by atoms with E-state index in [1.807, 2.05) is 6.92 Å². The Morgan fingerprint density at radius 1 is 1.43 bits per heavy atom. The predicted molar refractivity (Wildman–Crippen MR) is 47.4 cm³/mol. The van der Waals surface area contributed by atoms with E-state index in [2.05, 4.69) is 0 Å². The van der Waals surface area contributed by atoms with Crippen LogP contribution >= 0.6 is 0 Å². The van der Waals surface area contributed by atoms with Crippen LogP contribution in [0, 0.1) is 5.41 Å². The molecule has 0 aromatic rings. The fraction of sp³-hybridized carbons (Fsp3) is 0.800. The van der Waals surface area contributed by atoms with Crippen molar-refractivity contribution in [3.63, 3.8) is 0 Å². The summed E-state index contributed by atoms with van der Waals surface area (Å²) >= 11 is 0. The third-order valence-electron chi connectivity index (χ3n) is 3.37. The zero-order chi connectivity index (χ0) is 10.4. The van der Waals surface area contributed by atoms with E-state index >= 15 is 0 Å². The summed E-state index contributed by atoms with van der Waals surface area (Å²) < 4.78 is 10.3. The van der Waals surface area contributed by atoms with E-state index in [9.17, 15) is 9.59 Å². The molecule has 1 saturated carbocycles. The van der Waals surface area contributed by atoms with Gasteiger partial charge in [-0.2, -0.15) is 0 Å². The molecule has 0 spiro atoms. The number of ketones is 1. The molecular formula is C10H14O4. The molecule has 1 heterocycles. The highest BCUT2D eigenvalue weighted by atomic mass is 16.7. The lowest BCUT2D eigenvalue weighted by molar-refractivity contribution is -0.237. The van der Waals surface area contributed by atoms with Crippen LogP contribution in [0.25, 0.3) is 0 Å². The van der Waals surface area contributed by atoms with Crippen LogP contribution in [0.5, 0.6) is 0 Å². The number of ether oxygens (including phenoxy) is 2. The van der Waals surface area contributed by atoms with Crippen molar-refractivity contribution in [2.45, 2.75) is 38.4 Å². The highest BCUT2D eigenvalue weighted by Gasteiger charge is 2.64. The number of fused-ring (bicyclic) bond motifs is 1. The first-order valence-electron chi connectivity index (χ1n) is 4.84. The van der Waals surface area contributed by atoms with Gasteiger partial charge in [-0.1, -0.05) is 6.92 Å². The maximum absolute atomic E-state index is 11.8. The van der Waals surface area contributed by atoms with Gasteiger partial charge >= 0.3 is 5.97 Å². The second kappa shape index (κ2) is 2.79. The minimum Gasteiger partial charge on any atom is -0.425 e. The Kier molecular flexibility index (Phi) is 1.93. The van der Waals surface area contributed by atoms with Crippen LogP contribution in [0.2, 0.25) is 0 Å². The standard InChI is InChI=1S/C10H14O4/c1-9-5-3-4-7(11)10(9,13-2)14-8(12)6-9/h3-6H2,1-2H3/t9-,10-/m0/s1. The van der Waals surface area contributed by atoms with Crippen LogP contribution in [0.3, 0.4) is 0 Å². The molecule has 2 fully saturated rings. The van der Waals surface area contributed by atoms with Crippen LogP contribution in [0.1, 0.15) is 32.6 Å². The molecule has 1 aliphatic heterocycles. The van der Waals surface area contributed by atoms with Gasteiger partial charge in [0.2, 0.25) is 5.78 Å². The predicted octanol–water partition coefficient (Wildman–Crippen LogP) is 1.04. The van der Waals surface area contributed by atoms with Gasteiger partial charge < -0.3 is 9.47 Å². The van der Waals surface area contributed by atoms with Crippen molar-refractivity contribution >= 4 is 11.8 Å². The molecule has 1 aliphatic carbocycles. The molecule has 0 radical (unpaired) electrons. The molecule has 0 unspecified atom stereocenters. The largest absolute Gasteiger partial charge is 0.425 e. The summed E-state index contributed by atoms with van der Waals surface area (Å²) in [6.45, 7) is 1.89. The molecule has 0 bridgehead atoms. The number of rotatable bonds is 1. The Hall–Kier alpha value is -0.900. The van der Waals surface area contributed by atoms with Gasteiger partial charge in [0.15, 0.2) is 0 Å². The monoisotopic (exact) mass is 198 g/mol. The fourth-order valence-electron chi connectivity index (χ4n) is 2.61. The minimum absolute atomic E-state index is 0.0976. The highest BCUT2D eigenvalue weighted by Crippen LogP contribution is 2.52. The van der Waals surface area contributed by atoms with Crippen molar-refractivity contribution in [2.24, 2.45) is 5.41 Å². The SMILES string of the molecule is CO[C@@]12OC(=O)C[C@]1(C)CCCC2=O. The molecule has 2 atom stereocenters. The lowest BCUT2D eigenvalue weighted by atomic mass is 9.69. The first-order chi connectivity index (χ1) is 6.54. The Balaban J connectivity index is 2.44. The van der Waals surface area contributed by atoms with Gasteiger partial charge in [-0.15, -0.1) is 0 Å². The van der Waals surface area contributed by atoms with E-state index in [0.717, 1.165) is 12.8 Å². The van der Waals surface area contributed by atoms with Gasteiger partial charge in [0.05, 0.1) is 11.8 Å². The Morgan fingerprint density at radius 3 is 2.71 bits per heavy atom. The zero-order valence-corrected chi connectivity index (χ0v) is 8.46. The number of esters is 1. The molecule has 78 valence electrons. The summed E-state index contributed by atoms with van der Waals surface area (Å²) in [5.74, 6) is -1.72. The van der Waals surface area contributed by atoms with Gasteiger partial charge in [-0.05, 0) is 12.8 Å². The summed E-state index contributed by atoms with van der Waals surface area (Å²) in [5.41, 5.74) is -0.464. The number of carbonyl (C=O) groups excluding carboxylic acids is 2. The summed E-state index contributed by atoms with van der Waals surface area (Å²) in [6.07, 6.45) is 2.35. The Bertz CT molecular complexity index is 298. The summed E-state index contributed by atoms with van der Waals surface area (Å²) in [5, 5.41) is 0. The quantitative estimate of drug-likeness (QED) is 0.590. The van der Waals surface area contributed by atoms with Gasteiger partial charge in [0, 0.05) is 13.5 Å². The molecular weight excluding hydrogens is 184 g/mol. The second-order valence-corrected chi connectivity index (χ2v) is 4.31. The van der Waals surface area contributed by atoms with Gasteiger partial charge in [-0.3, -0.25) is 9.59 Å². The van der Waals surface area contributed by atoms with Gasteiger partial charge in [0.1, 0.15) is 0 Å². The lowest BCUT2D eigenvalue weighted by Gasteiger charge is -2.41. The third kappa shape index (κ3) is 0.974. The average Bonchev–Trinajstić information content (AvgIpc) is 2.38. The van der Waals surface area contributed by atoms with Crippen LogP contribution in [0.4, 0.5) is 0 Å². The molecule has 2 aliphatic rings. The van der Waals surface area contributed by atoms with E-state index < -0.39 is 11.2 Å². The maximum Gasteiger partial charge on any atom is 0.309 e. The Morgan fingerprint density at radius 2 is 2.14 bits per heavy atom. The first kappa shape index (κ1) is 9.65. The van der Waals surface area contributed by atoms with Crippen LogP contribution in [0.15, 0.2) is 0 Å². The molecule has 0 aromatic heterocycles. The number of carbonyl (C=O) groups is 2.